The second-order valence-electron chi connectivity index (χ2n) is 7.28. The number of carbonyl (C=O) groups is 1. The van der Waals surface area contributed by atoms with Crippen molar-refractivity contribution in [1.29, 1.82) is 0 Å². The minimum Gasteiger partial charge on any atom is -0.492 e. The molecule has 0 radical (unpaired) electrons. The Morgan fingerprint density at radius 2 is 1.74 bits per heavy atom. The maximum absolute atomic E-state index is 12.8. The van der Waals surface area contributed by atoms with Gasteiger partial charge in [0.2, 0.25) is 15.9 Å². The fourth-order valence-corrected chi connectivity index (χ4v) is 4.69. The first-order valence-electron chi connectivity index (χ1n) is 9.97. The Morgan fingerprint density at radius 3 is 2.39 bits per heavy atom. The van der Waals surface area contributed by atoms with Crippen molar-refractivity contribution in [2.24, 2.45) is 0 Å². The van der Waals surface area contributed by atoms with Gasteiger partial charge in [0, 0.05) is 24.2 Å². The van der Waals surface area contributed by atoms with Crippen LogP contribution >= 0.6 is 11.6 Å². The molecule has 7 nitrogen and oxygen atoms in total. The van der Waals surface area contributed by atoms with Gasteiger partial charge >= 0.3 is 0 Å². The third kappa shape index (κ3) is 7.46. The lowest BCUT2D eigenvalue weighted by atomic mass is 10.1. The third-order valence-corrected chi connectivity index (χ3v) is 6.70. The van der Waals surface area contributed by atoms with Crippen molar-refractivity contribution in [2.75, 3.05) is 32.8 Å². The monoisotopic (exact) mass is 469 g/mol. The summed E-state index contributed by atoms with van der Waals surface area (Å²) in [7, 11) is -3.60. The molecule has 168 valence electrons. The summed E-state index contributed by atoms with van der Waals surface area (Å²) >= 11 is 5.81. The van der Waals surface area contributed by atoms with Gasteiger partial charge in [-0.2, -0.15) is 0 Å². The van der Waals surface area contributed by atoms with Crippen LogP contribution in [-0.2, 0) is 14.8 Å². The van der Waals surface area contributed by atoms with Gasteiger partial charge in [0.15, 0.2) is 0 Å². The van der Waals surface area contributed by atoms with E-state index < -0.39 is 10.0 Å². The normalized spacial score (nSPS) is 15.5. The number of nitrogens with one attached hydrogen (secondary N) is 2. The van der Waals surface area contributed by atoms with E-state index in [9.17, 15) is 17.6 Å². The van der Waals surface area contributed by atoms with Crippen LogP contribution in [0.2, 0.25) is 5.02 Å². The van der Waals surface area contributed by atoms with Crippen molar-refractivity contribution < 1.29 is 22.3 Å². The van der Waals surface area contributed by atoms with Gasteiger partial charge in [-0.3, -0.25) is 9.69 Å². The van der Waals surface area contributed by atoms with Crippen LogP contribution in [0.15, 0.2) is 53.4 Å². The molecule has 10 heteroatoms. The van der Waals surface area contributed by atoms with Crippen molar-refractivity contribution in [1.82, 2.24) is 14.9 Å². The Balaban J connectivity index is 1.34. The molecular weight excluding hydrogens is 445 g/mol. The molecule has 0 unspecified atom stereocenters. The van der Waals surface area contributed by atoms with Crippen molar-refractivity contribution in [2.45, 2.75) is 23.8 Å². The molecule has 0 spiro atoms. The fourth-order valence-electron chi connectivity index (χ4n) is 3.26. The number of hydrogen-bond donors (Lipinski definition) is 2. The summed E-state index contributed by atoms with van der Waals surface area (Å²) < 4.78 is 46.0. The van der Waals surface area contributed by atoms with E-state index in [-0.39, 0.29) is 35.8 Å². The van der Waals surface area contributed by atoms with Gasteiger partial charge in [0.25, 0.3) is 0 Å². The Bertz CT molecular complexity index is 963. The molecule has 0 aliphatic carbocycles. The molecule has 1 fully saturated rings. The van der Waals surface area contributed by atoms with Gasteiger partial charge < -0.3 is 10.1 Å². The summed E-state index contributed by atoms with van der Waals surface area (Å²) in [5, 5.41) is 3.26. The number of sulfonamides is 1. The molecule has 1 aliphatic heterocycles. The van der Waals surface area contributed by atoms with Crippen molar-refractivity contribution in [3.8, 4) is 5.75 Å². The van der Waals surface area contributed by atoms with Crippen LogP contribution in [-0.4, -0.2) is 58.1 Å². The number of halogens is 2. The molecule has 2 aromatic carbocycles. The van der Waals surface area contributed by atoms with E-state index in [0.29, 0.717) is 43.2 Å². The van der Waals surface area contributed by atoms with Crippen LogP contribution in [0.25, 0.3) is 0 Å². The first-order valence-corrected chi connectivity index (χ1v) is 11.8. The highest BCUT2D eigenvalue weighted by molar-refractivity contribution is 7.89. The summed E-state index contributed by atoms with van der Waals surface area (Å²) in [4.78, 5) is 14.3. The molecule has 2 N–H and O–H groups in total. The van der Waals surface area contributed by atoms with Crippen LogP contribution in [0, 0.1) is 5.82 Å². The first kappa shape index (κ1) is 23.5. The summed E-state index contributed by atoms with van der Waals surface area (Å²) in [6.07, 6.45) is 1.24. The number of nitrogens with zero attached hydrogens (tertiary/aromatic N) is 1. The summed E-state index contributed by atoms with van der Waals surface area (Å²) in [5.74, 6) is 0.0869. The van der Waals surface area contributed by atoms with Gasteiger partial charge in [0.1, 0.15) is 18.2 Å². The number of amides is 1. The van der Waals surface area contributed by atoms with Gasteiger partial charge in [0.05, 0.1) is 18.0 Å². The molecular formula is C21H25ClFN3O4S. The lowest BCUT2D eigenvalue weighted by Crippen LogP contribution is -2.47. The van der Waals surface area contributed by atoms with Crippen LogP contribution in [0.4, 0.5) is 4.39 Å². The standard InChI is InChI=1S/C21H25ClFN3O4S/c22-16-1-7-20(8-2-16)31(28,29)25-18-9-12-26(13-10-18)15-21(27)24-11-14-30-19-5-3-17(23)4-6-19/h1-8,18,25H,9-15H2,(H,24,27). The Kier molecular flexibility index (Phi) is 8.25. The molecule has 3 rings (SSSR count). The zero-order valence-electron chi connectivity index (χ0n) is 16.9. The van der Waals surface area contributed by atoms with Crippen molar-refractivity contribution in [3.05, 3.63) is 59.4 Å². The van der Waals surface area contributed by atoms with Gasteiger partial charge in [-0.15, -0.1) is 0 Å². The van der Waals surface area contributed by atoms with E-state index in [2.05, 4.69) is 10.0 Å². The first-order chi connectivity index (χ1) is 14.8. The average Bonchev–Trinajstić information content (AvgIpc) is 2.74. The van der Waals surface area contributed by atoms with E-state index in [1.54, 1.807) is 12.1 Å². The van der Waals surface area contributed by atoms with Crippen LogP contribution in [0.5, 0.6) is 5.75 Å². The molecule has 1 heterocycles. The molecule has 1 amide bonds. The van der Waals surface area contributed by atoms with E-state index >= 15 is 0 Å². The molecule has 31 heavy (non-hydrogen) atoms. The Morgan fingerprint density at radius 1 is 1.10 bits per heavy atom. The van der Waals surface area contributed by atoms with E-state index in [0.717, 1.165) is 0 Å². The van der Waals surface area contributed by atoms with Crippen LogP contribution in [0.3, 0.4) is 0 Å². The number of ether oxygens (including phenoxy) is 1. The number of likely N-dealkylation sites (tertiary alicyclic amines) is 1. The summed E-state index contributed by atoms with van der Waals surface area (Å²) in [6, 6.07) is 11.5. The maximum Gasteiger partial charge on any atom is 0.240 e. The second kappa shape index (κ2) is 10.9. The number of rotatable bonds is 9. The number of hydrogen-bond acceptors (Lipinski definition) is 5. The molecule has 2 aromatic rings. The van der Waals surface area contributed by atoms with Crippen LogP contribution < -0.4 is 14.8 Å². The largest absolute Gasteiger partial charge is 0.492 e. The molecule has 1 aliphatic rings. The molecule has 1 saturated heterocycles. The van der Waals surface area contributed by atoms with E-state index in [1.807, 2.05) is 4.90 Å². The van der Waals surface area contributed by atoms with E-state index in [1.165, 1.54) is 36.4 Å². The molecule has 0 bridgehead atoms. The third-order valence-electron chi connectivity index (χ3n) is 4.91. The Hall–Kier alpha value is -2.20. The van der Waals surface area contributed by atoms with Gasteiger partial charge in [-0.1, -0.05) is 11.6 Å². The molecule has 0 saturated carbocycles. The highest BCUT2D eigenvalue weighted by Gasteiger charge is 2.25. The lowest BCUT2D eigenvalue weighted by Gasteiger charge is -2.31. The SMILES string of the molecule is O=C(CN1CCC(NS(=O)(=O)c2ccc(Cl)cc2)CC1)NCCOc1ccc(F)cc1. The number of piperidine rings is 1. The van der Waals surface area contributed by atoms with Gasteiger partial charge in [-0.25, -0.2) is 17.5 Å². The zero-order valence-corrected chi connectivity index (χ0v) is 18.5. The number of carbonyl (C=O) groups excluding carboxylic acids is 1. The number of benzene rings is 2. The summed E-state index contributed by atoms with van der Waals surface area (Å²) in [6.45, 7) is 2.10. The van der Waals surface area contributed by atoms with Crippen molar-refractivity contribution in [3.63, 3.8) is 0 Å². The minimum atomic E-state index is -3.60. The maximum atomic E-state index is 12.8. The predicted molar refractivity (Wildman–Crippen MR) is 116 cm³/mol. The molecule has 0 aromatic heterocycles. The summed E-state index contributed by atoms with van der Waals surface area (Å²) in [5.41, 5.74) is 0. The predicted octanol–water partition coefficient (Wildman–Crippen LogP) is 2.42. The highest BCUT2D eigenvalue weighted by atomic mass is 35.5. The zero-order chi connectivity index (χ0) is 22.3. The van der Waals surface area contributed by atoms with Crippen LogP contribution in [0.1, 0.15) is 12.8 Å². The van der Waals surface area contributed by atoms with E-state index in [4.69, 9.17) is 16.3 Å². The fraction of sp³-hybridized carbons (Fsp3) is 0.381. The highest BCUT2D eigenvalue weighted by Crippen LogP contribution is 2.17. The topological polar surface area (TPSA) is 87.7 Å². The minimum absolute atomic E-state index is 0.122. The Labute approximate surface area is 186 Å². The smallest absolute Gasteiger partial charge is 0.240 e. The quantitative estimate of drug-likeness (QED) is 0.551. The lowest BCUT2D eigenvalue weighted by molar-refractivity contribution is -0.122. The second-order valence-corrected chi connectivity index (χ2v) is 9.43. The van der Waals surface area contributed by atoms with Crippen molar-refractivity contribution >= 4 is 27.5 Å². The molecule has 0 atom stereocenters. The van der Waals surface area contributed by atoms with Gasteiger partial charge in [-0.05, 0) is 61.4 Å². The average molecular weight is 470 g/mol.